The van der Waals surface area contributed by atoms with Gasteiger partial charge in [-0.15, -0.1) is 0 Å². The van der Waals surface area contributed by atoms with Gasteiger partial charge in [0.2, 0.25) is 0 Å². The van der Waals surface area contributed by atoms with Gasteiger partial charge in [0.05, 0.1) is 36.2 Å². The molecule has 0 spiro atoms. The first-order valence-corrected chi connectivity index (χ1v) is 7.41. The maximum Gasteiger partial charge on any atom is 0.316 e. The van der Waals surface area contributed by atoms with Gasteiger partial charge < -0.3 is 9.72 Å². The Morgan fingerprint density at radius 1 is 1.30 bits per heavy atom. The highest BCUT2D eigenvalue weighted by Gasteiger charge is 2.19. The molecule has 0 aliphatic rings. The fourth-order valence-corrected chi connectivity index (χ4v) is 2.69. The zero-order chi connectivity index (χ0) is 14.8. The average molecular weight is 297 g/mol. The van der Waals surface area contributed by atoms with Crippen LogP contribution in [0.15, 0.2) is 17.6 Å². The Bertz CT molecular complexity index is 674. The number of anilines is 1. The number of ether oxygens (including phenoxy) is 1. The molecule has 9 heteroatoms. The third kappa shape index (κ3) is 2.87. The van der Waals surface area contributed by atoms with Crippen LogP contribution in [0.1, 0.15) is 18.3 Å². The second-order valence-electron chi connectivity index (χ2n) is 4.01. The molecule has 2 N–H and O–H groups in total. The second kappa shape index (κ2) is 5.45. The summed E-state index contributed by atoms with van der Waals surface area (Å²) >= 11 is 0. The molecule has 0 bridgehead atoms. The van der Waals surface area contributed by atoms with E-state index in [1.165, 1.54) is 12.5 Å². The molecule has 2 aromatic heterocycles. The molecule has 2 rings (SSSR count). The van der Waals surface area contributed by atoms with Crippen LogP contribution in [0.3, 0.4) is 0 Å². The quantitative estimate of drug-likeness (QED) is 0.852. The zero-order valence-electron chi connectivity index (χ0n) is 11.3. The molecule has 0 fully saturated rings. The first-order valence-electron chi connectivity index (χ1n) is 5.93. The smallest absolute Gasteiger partial charge is 0.316 e. The van der Waals surface area contributed by atoms with E-state index in [1.807, 2.05) is 6.92 Å². The van der Waals surface area contributed by atoms with E-state index in [0.717, 1.165) is 0 Å². The van der Waals surface area contributed by atoms with Crippen LogP contribution in [0.25, 0.3) is 0 Å². The van der Waals surface area contributed by atoms with Gasteiger partial charge in [0.1, 0.15) is 0 Å². The Labute approximate surface area is 116 Å². The Balaban J connectivity index is 2.35. The predicted octanol–water partition coefficient (Wildman–Crippen LogP) is 1.02. The fraction of sp³-hybridized carbons (Fsp3) is 0.364. The molecule has 2 heterocycles. The molecule has 0 saturated carbocycles. The molecule has 0 aliphatic carbocycles. The standard InChI is InChI=1S/C11H15N5O3S/c1-4-19-11-14-7(2)10(8(3)15-11)16-20(17,18)9-5-12-6-13-9/h5-6,16H,4H2,1-3H3,(H,12,13). The van der Waals surface area contributed by atoms with E-state index >= 15 is 0 Å². The highest BCUT2D eigenvalue weighted by molar-refractivity contribution is 7.92. The second-order valence-corrected chi connectivity index (χ2v) is 5.66. The minimum absolute atomic E-state index is 0.0230. The summed E-state index contributed by atoms with van der Waals surface area (Å²) in [5.41, 5.74) is 1.32. The number of aryl methyl sites for hydroxylation is 2. The lowest BCUT2D eigenvalue weighted by Crippen LogP contribution is -2.16. The van der Waals surface area contributed by atoms with Crippen molar-refractivity contribution in [2.45, 2.75) is 25.8 Å². The van der Waals surface area contributed by atoms with E-state index in [4.69, 9.17) is 4.74 Å². The molecule has 0 unspecified atom stereocenters. The molecular weight excluding hydrogens is 282 g/mol. The SMILES string of the molecule is CCOc1nc(C)c(NS(=O)(=O)c2cnc[nH]2)c(C)n1. The summed E-state index contributed by atoms with van der Waals surface area (Å²) in [5, 5.41) is -0.0230. The molecule has 108 valence electrons. The summed E-state index contributed by atoms with van der Waals surface area (Å²) in [6, 6.07) is 0.229. The Morgan fingerprint density at radius 3 is 2.45 bits per heavy atom. The van der Waals surface area contributed by atoms with Gasteiger partial charge in [-0.3, -0.25) is 4.72 Å². The predicted molar refractivity (Wildman–Crippen MR) is 72.1 cm³/mol. The number of aromatic amines is 1. The van der Waals surface area contributed by atoms with Crippen molar-refractivity contribution in [2.75, 3.05) is 11.3 Å². The van der Waals surface area contributed by atoms with Crippen LogP contribution < -0.4 is 9.46 Å². The molecule has 20 heavy (non-hydrogen) atoms. The van der Waals surface area contributed by atoms with E-state index in [0.29, 0.717) is 23.7 Å². The number of imidazole rings is 1. The van der Waals surface area contributed by atoms with Crippen molar-refractivity contribution in [1.29, 1.82) is 0 Å². The topological polar surface area (TPSA) is 110 Å². The fourth-order valence-electron chi connectivity index (χ4n) is 1.61. The van der Waals surface area contributed by atoms with Crippen molar-refractivity contribution >= 4 is 15.7 Å². The maximum absolute atomic E-state index is 12.1. The lowest BCUT2D eigenvalue weighted by Gasteiger charge is -2.12. The van der Waals surface area contributed by atoms with Gasteiger partial charge in [0.15, 0.2) is 5.03 Å². The van der Waals surface area contributed by atoms with Gasteiger partial charge in [0, 0.05) is 0 Å². The van der Waals surface area contributed by atoms with E-state index < -0.39 is 10.0 Å². The van der Waals surface area contributed by atoms with Crippen LogP contribution in [0.5, 0.6) is 6.01 Å². The van der Waals surface area contributed by atoms with Gasteiger partial charge in [0.25, 0.3) is 10.0 Å². The number of aromatic nitrogens is 4. The maximum atomic E-state index is 12.1. The molecule has 0 aliphatic heterocycles. The van der Waals surface area contributed by atoms with Crippen molar-refractivity contribution in [2.24, 2.45) is 0 Å². The number of sulfonamides is 1. The summed E-state index contributed by atoms with van der Waals surface area (Å²) in [6.45, 7) is 5.63. The highest BCUT2D eigenvalue weighted by Crippen LogP contribution is 2.22. The molecule has 0 saturated heterocycles. The Morgan fingerprint density at radius 2 is 1.95 bits per heavy atom. The number of rotatable bonds is 5. The van der Waals surface area contributed by atoms with Crippen molar-refractivity contribution < 1.29 is 13.2 Å². The monoisotopic (exact) mass is 297 g/mol. The number of nitrogens with zero attached hydrogens (tertiary/aromatic N) is 3. The van der Waals surface area contributed by atoms with Gasteiger partial charge in [-0.2, -0.15) is 18.4 Å². The molecular formula is C11H15N5O3S. The first kappa shape index (κ1) is 14.3. The minimum Gasteiger partial charge on any atom is -0.464 e. The average Bonchev–Trinajstić information content (AvgIpc) is 2.89. The number of nitrogens with one attached hydrogen (secondary N) is 2. The lowest BCUT2D eigenvalue weighted by molar-refractivity contribution is 0.311. The molecule has 0 aromatic carbocycles. The molecule has 2 aromatic rings. The van der Waals surface area contributed by atoms with E-state index in [1.54, 1.807) is 13.8 Å². The van der Waals surface area contributed by atoms with E-state index in [2.05, 4.69) is 24.7 Å². The van der Waals surface area contributed by atoms with E-state index in [9.17, 15) is 8.42 Å². The first-order chi connectivity index (χ1) is 9.44. The summed E-state index contributed by atoms with van der Waals surface area (Å²) in [7, 11) is -3.73. The van der Waals surface area contributed by atoms with Crippen molar-refractivity contribution in [3.63, 3.8) is 0 Å². The largest absolute Gasteiger partial charge is 0.464 e. The summed E-state index contributed by atoms with van der Waals surface area (Å²) < 4.78 is 31.9. The van der Waals surface area contributed by atoms with Crippen LogP contribution in [0, 0.1) is 13.8 Å². The molecule has 0 radical (unpaired) electrons. The number of hydrogen-bond acceptors (Lipinski definition) is 6. The third-order valence-electron chi connectivity index (χ3n) is 2.52. The molecule has 0 amide bonds. The highest BCUT2D eigenvalue weighted by atomic mass is 32.2. The zero-order valence-corrected chi connectivity index (χ0v) is 12.2. The Hall–Kier alpha value is -2.16. The van der Waals surface area contributed by atoms with Crippen molar-refractivity contribution in [3.8, 4) is 6.01 Å². The van der Waals surface area contributed by atoms with Gasteiger partial charge in [-0.05, 0) is 20.8 Å². The summed E-state index contributed by atoms with van der Waals surface area (Å²) in [4.78, 5) is 14.4. The van der Waals surface area contributed by atoms with Crippen LogP contribution in [-0.4, -0.2) is 35.0 Å². The number of H-pyrrole nitrogens is 1. The van der Waals surface area contributed by atoms with Crippen molar-refractivity contribution in [3.05, 3.63) is 23.9 Å². The van der Waals surface area contributed by atoms with Crippen LogP contribution >= 0.6 is 0 Å². The van der Waals surface area contributed by atoms with Crippen LogP contribution in [0.2, 0.25) is 0 Å². The normalized spacial score (nSPS) is 11.3. The minimum atomic E-state index is -3.73. The van der Waals surface area contributed by atoms with Gasteiger partial charge in [-0.25, -0.2) is 4.98 Å². The van der Waals surface area contributed by atoms with E-state index in [-0.39, 0.29) is 11.0 Å². The van der Waals surface area contributed by atoms with Gasteiger partial charge in [-0.1, -0.05) is 0 Å². The molecule has 0 atom stereocenters. The Kier molecular flexibility index (Phi) is 3.89. The summed E-state index contributed by atoms with van der Waals surface area (Å²) in [5.74, 6) is 0. The third-order valence-corrected chi connectivity index (χ3v) is 3.80. The van der Waals surface area contributed by atoms with Gasteiger partial charge >= 0.3 is 6.01 Å². The van der Waals surface area contributed by atoms with Crippen molar-refractivity contribution in [1.82, 2.24) is 19.9 Å². The molecule has 8 nitrogen and oxygen atoms in total. The lowest BCUT2D eigenvalue weighted by atomic mass is 10.3. The van der Waals surface area contributed by atoms with Crippen LogP contribution in [0.4, 0.5) is 5.69 Å². The summed E-state index contributed by atoms with van der Waals surface area (Å²) in [6.07, 6.45) is 2.52. The van der Waals surface area contributed by atoms with Crippen LogP contribution in [-0.2, 0) is 10.0 Å². The number of hydrogen-bond donors (Lipinski definition) is 2.